The van der Waals surface area contributed by atoms with E-state index < -0.39 is 0 Å². The van der Waals surface area contributed by atoms with Crippen molar-refractivity contribution in [1.82, 2.24) is 4.90 Å². The quantitative estimate of drug-likeness (QED) is 0.0488. The molecule has 0 aliphatic heterocycles. The lowest BCUT2D eigenvalue weighted by Crippen LogP contribution is -2.20. The minimum atomic E-state index is 0.0380. The summed E-state index contributed by atoms with van der Waals surface area (Å²) in [5.74, 6) is 8.85. The first-order valence-electron chi connectivity index (χ1n) is 23.3. The number of hydrogen-bond donors (Lipinski definition) is 0. The maximum absolute atomic E-state index is 12.6. The molecule has 4 aliphatic rings. The molecule has 0 aromatic rings. The fourth-order valence-electron chi connectivity index (χ4n) is 9.92. The number of unbranched alkanes of at least 4 members (excludes halogenated alkanes) is 14. The Morgan fingerprint density at radius 2 is 0.860 bits per heavy atom. The van der Waals surface area contributed by atoms with E-state index in [-0.39, 0.29) is 12.1 Å². The van der Waals surface area contributed by atoms with E-state index in [1.54, 1.807) is 38.5 Å². The van der Waals surface area contributed by atoms with E-state index in [1.165, 1.54) is 141 Å². The summed E-state index contributed by atoms with van der Waals surface area (Å²) in [6, 6.07) is 0. The zero-order valence-corrected chi connectivity index (χ0v) is 34.3. The van der Waals surface area contributed by atoms with E-state index in [4.69, 9.17) is 4.74 Å². The van der Waals surface area contributed by atoms with Gasteiger partial charge in [-0.05, 0) is 139 Å². The van der Waals surface area contributed by atoms with Crippen molar-refractivity contribution < 1.29 is 9.53 Å². The highest BCUT2D eigenvalue weighted by Gasteiger charge is 2.45. The van der Waals surface area contributed by atoms with Crippen LogP contribution in [-0.2, 0) is 9.53 Å². The normalized spacial score (nSPS) is 28.6. The van der Waals surface area contributed by atoms with Crippen LogP contribution in [0.3, 0.4) is 0 Å². The summed E-state index contributed by atoms with van der Waals surface area (Å²) in [5.41, 5.74) is 0. The third-order valence-electron chi connectivity index (χ3n) is 13.8. The van der Waals surface area contributed by atoms with Crippen molar-refractivity contribution in [3.05, 3.63) is 0 Å². The van der Waals surface area contributed by atoms with Crippen molar-refractivity contribution in [3.8, 4) is 0 Å². The van der Waals surface area contributed by atoms with Gasteiger partial charge in [-0.25, -0.2) is 0 Å². The summed E-state index contributed by atoms with van der Waals surface area (Å²) in [4.78, 5) is 14.8. The Labute approximate surface area is 313 Å². The van der Waals surface area contributed by atoms with E-state index in [0.29, 0.717) is 6.42 Å². The minimum absolute atomic E-state index is 0.0380. The molecule has 50 heavy (non-hydrogen) atoms. The van der Waals surface area contributed by atoms with Crippen molar-refractivity contribution in [3.63, 3.8) is 0 Å². The molecule has 292 valence electrons. The van der Waals surface area contributed by atoms with Gasteiger partial charge in [0.1, 0.15) is 6.10 Å². The molecule has 4 rings (SSSR count). The largest absolute Gasteiger partial charge is 0.462 e. The first-order chi connectivity index (χ1) is 24.5. The Morgan fingerprint density at radius 1 is 0.500 bits per heavy atom. The molecule has 9 atom stereocenters. The summed E-state index contributed by atoms with van der Waals surface area (Å²) in [7, 11) is 4.16. The molecular weight excluding hydrogens is 611 g/mol. The van der Waals surface area contributed by atoms with Crippen LogP contribution in [0.15, 0.2) is 0 Å². The average molecular weight is 698 g/mol. The number of hydrogen-bond acceptors (Lipinski definition) is 3. The first-order valence-corrected chi connectivity index (χ1v) is 23.3. The van der Waals surface area contributed by atoms with E-state index in [0.717, 1.165) is 73.2 Å². The Bertz CT molecular complexity index is 815. The van der Waals surface area contributed by atoms with Crippen LogP contribution in [-0.4, -0.2) is 37.6 Å². The third kappa shape index (κ3) is 19.0. The lowest BCUT2D eigenvalue weighted by molar-refractivity contribution is -0.150. The van der Waals surface area contributed by atoms with E-state index in [1.807, 2.05) is 0 Å². The Morgan fingerprint density at radius 3 is 1.24 bits per heavy atom. The summed E-state index contributed by atoms with van der Waals surface area (Å²) in [5, 5.41) is 0. The van der Waals surface area contributed by atoms with Crippen LogP contribution in [0.5, 0.6) is 0 Å². The van der Waals surface area contributed by atoms with Crippen molar-refractivity contribution >= 4 is 5.97 Å². The molecule has 4 saturated carbocycles. The van der Waals surface area contributed by atoms with Crippen LogP contribution in [0, 0.1) is 47.3 Å². The van der Waals surface area contributed by atoms with Gasteiger partial charge in [0.15, 0.2) is 0 Å². The smallest absolute Gasteiger partial charge is 0.306 e. The molecular formula is C47H87NO2. The highest BCUT2D eigenvalue weighted by Crippen LogP contribution is 2.55. The molecule has 0 bridgehead atoms. The van der Waals surface area contributed by atoms with Gasteiger partial charge in [0.05, 0.1) is 0 Å². The maximum Gasteiger partial charge on any atom is 0.306 e. The summed E-state index contributed by atoms with van der Waals surface area (Å²) in [6.07, 6.45) is 44.2. The second-order valence-corrected chi connectivity index (χ2v) is 18.9. The van der Waals surface area contributed by atoms with Crippen molar-refractivity contribution in [2.45, 2.75) is 225 Å². The summed E-state index contributed by atoms with van der Waals surface area (Å²) in [6.45, 7) is 5.62. The highest BCUT2D eigenvalue weighted by atomic mass is 16.5. The Balaban J connectivity index is 0.953. The van der Waals surface area contributed by atoms with Gasteiger partial charge < -0.3 is 9.64 Å². The Kier molecular flexibility index (Phi) is 20.8. The highest BCUT2D eigenvalue weighted by molar-refractivity contribution is 5.69. The summed E-state index contributed by atoms with van der Waals surface area (Å²) >= 11 is 0. The number of carbonyl (C=O) groups is 1. The molecule has 8 unspecified atom stereocenters. The van der Waals surface area contributed by atoms with Gasteiger partial charge in [0.25, 0.3) is 0 Å². The number of esters is 1. The lowest BCUT2D eigenvalue weighted by atomic mass is 10.0. The zero-order chi connectivity index (χ0) is 35.4. The monoisotopic (exact) mass is 698 g/mol. The lowest BCUT2D eigenvalue weighted by Gasteiger charge is -2.18. The predicted molar refractivity (Wildman–Crippen MR) is 215 cm³/mol. The number of nitrogens with zero attached hydrogens (tertiary/aromatic N) is 1. The van der Waals surface area contributed by atoms with Crippen molar-refractivity contribution in [1.29, 1.82) is 0 Å². The second kappa shape index (κ2) is 24.7. The number of carbonyl (C=O) groups excluding carboxylic acids is 1. The average Bonchev–Trinajstić information content (AvgIpc) is 3.91. The van der Waals surface area contributed by atoms with Gasteiger partial charge in [-0.1, -0.05) is 142 Å². The third-order valence-corrected chi connectivity index (χ3v) is 13.8. The minimum Gasteiger partial charge on any atom is -0.462 e. The molecule has 0 heterocycles. The molecule has 3 nitrogen and oxygen atoms in total. The van der Waals surface area contributed by atoms with Gasteiger partial charge in [0.2, 0.25) is 0 Å². The topological polar surface area (TPSA) is 29.5 Å². The molecule has 0 radical (unpaired) electrons. The molecule has 0 N–H and O–H groups in total. The van der Waals surface area contributed by atoms with Crippen LogP contribution in [0.4, 0.5) is 0 Å². The second-order valence-electron chi connectivity index (χ2n) is 18.9. The fraction of sp³-hybridized carbons (Fsp3) is 0.979. The zero-order valence-electron chi connectivity index (χ0n) is 34.3. The number of rotatable bonds is 35. The van der Waals surface area contributed by atoms with E-state index in [9.17, 15) is 4.79 Å². The molecule has 3 heteroatoms. The van der Waals surface area contributed by atoms with Gasteiger partial charge in [0, 0.05) is 6.42 Å². The standard InChI is InChI=1S/C47H87NO2/c1-5-7-17-24-38-32-42(38)36-44-34-40(44)26-19-13-9-11-15-21-28-46(50-47(49)30-23-31-48(3)4)29-22-16-12-10-14-20-27-41-35-45(41)37-43-33-39(43)25-18-8-6-2/h38-46H,5-37H2,1-4H3/t38-,39?,40?,41?,42?,43?,44?,45?,46?/m0/s1. The predicted octanol–water partition coefficient (Wildman–Crippen LogP) is 14.0. The number of ether oxygens (including phenoxy) is 1. The molecule has 4 fully saturated rings. The fourth-order valence-corrected chi connectivity index (χ4v) is 9.92. The Hall–Kier alpha value is -0.570. The molecule has 0 spiro atoms. The first kappa shape index (κ1) is 42.2. The molecule has 4 aliphatic carbocycles. The SMILES string of the molecule is CCCCCC1CC1CC1CC1CCCCCCCCC(CCCCCCCCC1CC1CC1C[C@@H]1CCCCC)OC(=O)CCCN(C)C. The van der Waals surface area contributed by atoms with Crippen LogP contribution in [0.1, 0.15) is 219 Å². The van der Waals surface area contributed by atoms with E-state index in [2.05, 4.69) is 32.8 Å². The summed E-state index contributed by atoms with van der Waals surface area (Å²) < 4.78 is 6.08. The van der Waals surface area contributed by atoms with Crippen LogP contribution < -0.4 is 0 Å². The molecule has 0 saturated heterocycles. The van der Waals surface area contributed by atoms with Gasteiger partial charge in [-0.15, -0.1) is 0 Å². The van der Waals surface area contributed by atoms with Gasteiger partial charge >= 0.3 is 5.97 Å². The van der Waals surface area contributed by atoms with Crippen molar-refractivity contribution in [2.75, 3.05) is 20.6 Å². The van der Waals surface area contributed by atoms with Gasteiger partial charge in [-0.2, -0.15) is 0 Å². The molecule has 0 amide bonds. The van der Waals surface area contributed by atoms with E-state index >= 15 is 0 Å². The van der Waals surface area contributed by atoms with Crippen LogP contribution in [0.2, 0.25) is 0 Å². The molecule has 0 aromatic heterocycles. The maximum atomic E-state index is 12.6. The van der Waals surface area contributed by atoms with Crippen molar-refractivity contribution in [2.24, 2.45) is 47.3 Å². The molecule has 0 aromatic carbocycles. The van der Waals surface area contributed by atoms with Crippen LogP contribution in [0.25, 0.3) is 0 Å². The van der Waals surface area contributed by atoms with Crippen LogP contribution >= 0.6 is 0 Å². The van der Waals surface area contributed by atoms with Gasteiger partial charge in [-0.3, -0.25) is 4.79 Å².